The molecular weight excluding hydrogens is 474 g/mol. The number of benzene rings is 2. The first-order valence-corrected chi connectivity index (χ1v) is 13.7. The number of rotatable bonds is 8. The van der Waals surface area contributed by atoms with Gasteiger partial charge in [0.2, 0.25) is 5.88 Å². The Kier molecular flexibility index (Phi) is 6.75. The fourth-order valence-electron chi connectivity index (χ4n) is 4.38. The molecule has 0 unspecified atom stereocenters. The number of sulfone groups is 1. The molecule has 0 fully saturated rings. The molecule has 1 aliphatic rings. The number of nitrogens with one attached hydrogen (secondary N) is 2. The maximum Gasteiger partial charge on any atom is 0.237 e. The molecule has 4 aromatic rings. The first-order valence-electron chi connectivity index (χ1n) is 11.8. The molecule has 0 spiro atoms. The number of hydrogen-bond acceptors (Lipinski definition) is 7. The highest BCUT2D eigenvalue weighted by Crippen LogP contribution is 2.34. The normalized spacial score (nSPS) is 16.0. The van der Waals surface area contributed by atoms with Crippen LogP contribution in [0.2, 0.25) is 0 Å². The van der Waals surface area contributed by atoms with Gasteiger partial charge in [0, 0.05) is 36.8 Å². The number of pyridine rings is 1. The summed E-state index contributed by atoms with van der Waals surface area (Å²) in [5.41, 5.74) is 5.05. The minimum Gasteiger partial charge on any atom is -0.469 e. The zero-order valence-corrected chi connectivity index (χ0v) is 21.1. The van der Waals surface area contributed by atoms with Crippen molar-refractivity contribution in [3.63, 3.8) is 0 Å². The molecule has 2 N–H and O–H groups in total. The summed E-state index contributed by atoms with van der Waals surface area (Å²) < 4.78 is 31.6. The van der Waals surface area contributed by atoms with E-state index in [-0.39, 0.29) is 12.1 Å². The molecule has 186 valence electrons. The van der Waals surface area contributed by atoms with Gasteiger partial charge >= 0.3 is 0 Å². The van der Waals surface area contributed by atoms with Crippen molar-refractivity contribution in [1.29, 1.82) is 0 Å². The van der Waals surface area contributed by atoms with Gasteiger partial charge in [-0.15, -0.1) is 0 Å². The second-order valence-electron chi connectivity index (χ2n) is 9.03. The summed E-state index contributed by atoms with van der Waals surface area (Å²) in [6.07, 6.45) is 7.41. The van der Waals surface area contributed by atoms with E-state index < -0.39 is 9.84 Å². The van der Waals surface area contributed by atoms with Crippen LogP contribution >= 0.6 is 0 Å². The third-order valence-electron chi connectivity index (χ3n) is 6.31. The van der Waals surface area contributed by atoms with Gasteiger partial charge in [-0.2, -0.15) is 5.10 Å². The molecule has 0 saturated heterocycles. The Morgan fingerprint density at radius 3 is 2.58 bits per heavy atom. The molecule has 2 aromatic carbocycles. The molecule has 0 saturated carbocycles. The van der Waals surface area contributed by atoms with Crippen LogP contribution in [-0.2, 0) is 23.3 Å². The van der Waals surface area contributed by atoms with Crippen LogP contribution in [0.5, 0.6) is 5.88 Å². The SMILES string of the molecule is Cn1cc(-c2cnc3c(c2)NC[C@@H]([C@H](NCCc2ccc(S(C)(=O)=O)cc2)c2ccccc2)O3)cn1. The van der Waals surface area contributed by atoms with Crippen molar-refractivity contribution in [2.45, 2.75) is 23.5 Å². The lowest BCUT2D eigenvalue weighted by Gasteiger charge is -2.33. The van der Waals surface area contributed by atoms with E-state index in [9.17, 15) is 8.42 Å². The van der Waals surface area contributed by atoms with E-state index >= 15 is 0 Å². The van der Waals surface area contributed by atoms with Gasteiger partial charge < -0.3 is 15.4 Å². The van der Waals surface area contributed by atoms with Crippen molar-refractivity contribution in [3.05, 3.63) is 90.4 Å². The Balaban J connectivity index is 1.29. The fourth-order valence-corrected chi connectivity index (χ4v) is 5.01. The second kappa shape index (κ2) is 10.1. The van der Waals surface area contributed by atoms with Gasteiger partial charge in [0.1, 0.15) is 6.10 Å². The van der Waals surface area contributed by atoms with Crippen molar-refractivity contribution in [2.75, 3.05) is 24.7 Å². The zero-order chi connectivity index (χ0) is 25.1. The van der Waals surface area contributed by atoms with Gasteiger partial charge in [-0.3, -0.25) is 4.68 Å². The standard InChI is InChI=1S/C27H29N5O3S/c1-32-18-22(16-31-32)21-14-24-27(30-15-21)35-25(17-29-24)26(20-6-4-3-5-7-20)28-13-12-19-8-10-23(11-9-19)36(2,33)34/h3-11,14-16,18,25-26,28-29H,12-13,17H2,1-2H3/t25-,26+/m0/s1. The number of hydrogen-bond donors (Lipinski definition) is 2. The number of ether oxygens (including phenoxy) is 1. The van der Waals surface area contributed by atoms with E-state index in [1.165, 1.54) is 6.26 Å². The Hall–Kier alpha value is -3.69. The highest BCUT2D eigenvalue weighted by atomic mass is 32.2. The lowest BCUT2D eigenvalue weighted by Crippen LogP contribution is -2.43. The zero-order valence-electron chi connectivity index (χ0n) is 20.3. The average Bonchev–Trinajstić information content (AvgIpc) is 3.32. The van der Waals surface area contributed by atoms with E-state index in [2.05, 4.69) is 32.8 Å². The summed E-state index contributed by atoms with van der Waals surface area (Å²) in [4.78, 5) is 4.92. The van der Waals surface area contributed by atoms with Crippen LogP contribution in [0.4, 0.5) is 5.69 Å². The van der Waals surface area contributed by atoms with Crippen molar-refractivity contribution < 1.29 is 13.2 Å². The first-order chi connectivity index (χ1) is 17.4. The summed E-state index contributed by atoms with van der Waals surface area (Å²) in [7, 11) is -1.30. The molecule has 0 aliphatic carbocycles. The predicted molar refractivity (Wildman–Crippen MR) is 140 cm³/mol. The summed E-state index contributed by atoms with van der Waals surface area (Å²) >= 11 is 0. The molecule has 1 aliphatic heterocycles. The average molecular weight is 504 g/mol. The highest BCUT2D eigenvalue weighted by Gasteiger charge is 2.29. The van der Waals surface area contributed by atoms with Gasteiger partial charge in [-0.05, 0) is 42.3 Å². The number of nitrogens with zero attached hydrogens (tertiary/aromatic N) is 3. The third-order valence-corrected chi connectivity index (χ3v) is 7.43. The van der Waals surface area contributed by atoms with Crippen molar-refractivity contribution in [1.82, 2.24) is 20.1 Å². The maximum atomic E-state index is 11.7. The number of aryl methyl sites for hydroxylation is 1. The number of fused-ring (bicyclic) bond motifs is 1. The van der Waals surface area contributed by atoms with E-state index in [0.717, 1.165) is 34.4 Å². The maximum absolute atomic E-state index is 11.7. The van der Waals surface area contributed by atoms with Crippen molar-refractivity contribution in [3.8, 4) is 17.0 Å². The van der Waals surface area contributed by atoms with Crippen LogP contribution in [0, 0.1) is 0 Å². The molecule has 36 heavy (non-hydrogen) atoms. The fraction of sp³-hybridized carbons (Fsp3) is 0.259. The molecule has 2 aromatic heterocycles. The summed E-state index contributed by atoms with van der Waals surface area (Å²) in [6.45, 7) is 1.33. The molecular formula is C27H29N5O3S. The Morgan fingerprint density at radius 2 is 1.89 bits per heavy atom. The summed E-state index contributed by atoms with van der Waals surface area (Å²) in [5, 5.41) is 11.4. The minimum atomic E-state index is -3.20. The highest BCUT2D eigenvalue weighted by molar-refractivity contribution is 7.90. The van der Waals surface area contributed by atoms with E-state index in [4.69, 9.17) is 4.74 Å². The molecule has 8 nitrogen and oxygen atoms in total. The Morgan fingerprint density at radius 1 is 1.11 bits per heavy atom. The number of anilines is 1. The molecule has 0 bridgehead atoms. The summed E-state index contributed by atoms with van der Waals surface area (Å²) in [5.74, 6) is 0.581. The molecule has 9 heteroatoms. The summed E-state index contributed by atoms with van der Waals surface area (Å²) in [6, 6.07) is 19.3. The smallest absolute Gasteiger partial charge is 0.237 e. The van der Waals surface area contributed by atoms with Gasteiger partial charge in [-0.25, -0.2) is 13.4 Å². The molecule has 5 rings (SSSR count). The third kappa shape index (κ3) is 5.42. The van der Waals surface area contributed by atoms with Gasteiger partial charge in [0.15, 0.2) is 9.84 Å². The number of aromatic nitrogens is 3. The molecule has 0 radical (unpaired) electrons. The molecule has 3 heterocycles. The van der Waals surface area contributed by atoms with E-state index in [1.54, 1.807) is 16.8 Å². The van der Waals surface area contributed by atoms with Crippen LogP contribution in [0.3, 0.4) is 0 Å². The van der Waals surface area contributed by atoms with Crippen LogP contribution in [0.1, 0.15) is 17.2 Å². The van der Waals surface area contributed by atoms with Crippen molar-refractivity contribution in [2.24, 2.45) is 7.05 Å². The second-order valence-corrected chi connectivity index (χ2v) is 11.0. The van der Waals surface area contributed by atoms with E-state index in [1.807, 2.05) is 62.0 Å². The van der Waals surface area contributed by atoms with Crippen LogP contribution < -0.4 is 15.4 Å². The monoisotopic (exact) mass is 503 g/mol. The molecule has 2 atom stereocenters. The van der Waals surface area contributed by atoms with Gasteiger partial charge in [0.05, 0.1) is 29.4 Å². The predicted octanol–water partition coefficient (Wildman–Crippen LogP) is 3.63. The van der Waals surface area contributed by atoms with Crippen LogP contribution in [0.15, 0.2) is 84.1 Å². The van der Waals surface area contributed by atoms with Crippen LogP contribution in [-0.4, -0.2) is 48.6 Å². The quantitative estimate of drug-likeness (QED) is 0.379. The molecule has 0 amide bonds. The van der Waals surface area contributed by atoms with E-state index in [0.29, 0.717) is 23.9 Å². The van der Waals surface area contributed by atoms with Gasteiger partial charge in [0.25, 0.3) is 0 Å². The lowest BCUT2D eigenvalue weighted by molar-refractivity contribution is 0.150. The van der Waals surface area contributed by atoms with Crippen LogP contribution in [0.25, 0.3) is 11.1 Å². The Bertz CT molecular complexity index is 1440. The first kappa shape index (κ1) is 24.0. The van der Waals surface area contributed by atoms with Crippen molar-refractivity contribution >= 4 is 15.5 Å². The lowest BCUT2D eigenvalue weighted by atomic mass is 9.99. The largest absolute Gasteiger partial charge is 0.469 e. The van der Waals surface area contributed by atoms with Gasteiger partial charge in [-0.1, -0.05) is 42.5 Å². The Labute approximate surface area is 211 Å². The topological polar surface area (TPSA) is 98.1 Å². The minimum absolute atomic E-state index is 0.0538.